The fourth-order valence-corrected chi connectivity index (χ4v) is 1.93. The third-order valence-corrected chi connectivity index (χ3v) is 3.57. The van der Waals surface area contributed by atoms with Crippen molar-refractivity contribution in [2.45, 2.75) is 19.6 Å². The number of furan rings is 1. The summed E-state index contributed by atoms with van der Waals surface area (Å²) in [5.41, 5.74) is 0.434. The highest BCUT2D eigenvalue weighted by atomic mass is 32.2. The van der Waals surface area contributed by atoms with Crippen LogP contribution in [-0.4, -0.2) is 25.2 Å². The van der Waals surface area contributed by atoms with E-state index >= 15 is 0 Å². The van der Waals surface area contributed by atoms with Crippen LogP contribution in [0.15, 0.2) is 10.5 Å². The molecule has 0 aliphatic rings. The molecule has 0 aromatic carbocycles. The Hall–Kier alpha value is -1.30. The Kier molecular flexibility index (Phi) is 3.18. The second kappa shape index (κ2) is 4.06. The fraction of sp³-hybridized carbons (Fsp3) is 0.444. The number of hydrogen-bond acceptors (Lipinski definition) is 4. The Morgan fingerprint density at radius 3 is 2.53 bits per heavy atom. The first-order valence-electron chi connectivity index (χ1n) is 4.38. The molecule has 1 N–H and O–H groups in total. The van der Waals surface area contributed by atoms with Gasteiger partial charge in [0.2, 0.25) is 5.76 Å². The van der Waals surface area contributed by atoms with Gasteiger partial charge in [-0.3, -0.25) is 0 Å². The molecule has 0 fully saturated rings. The SMILES string of the molecule is CCS(=O)(=O)Cc1cc(C)c(C(=O)O)o1. The molecule has 0 radical (unpaired) electrons. The molecular weight excluding hydrogens is 220 g/mol. The van der Waals surface area contributed by atoms with Crippen LogP contribution in [-0.2, 0) is 15.6 Å². The van der Waals surface area contributed by atoms with E-state index in [1.807, 2.05) is 0 Å². The molecule has 1 aromatic rings. The van der Waals surface area contributed by atoms with Crippen LogP contribution in [0.1, 0.15) is 28.8 Å². The van der Waals surface area contributed by atoms with Gasteiger partial charge >= 0.3 is 5.97 Å². The third kappa shape index (κ3) is 2.82. The number of aromatic carboxylic acids is 1. The van der Waals surface area contributed by atoms with Gasteiger partial charge in [0, 0.05) is 11.3 Å². The zero-order valence-corrected chi connectivity index (χ0v) is 9.30. The lowest BCUT2D eigenvalue weighted by Gasteiger charge is -1.96. The maximum absolute atomic E-state index is 11.3. The van der Waals surface area contributed by atoms with Crippen molar-refractivity contribution in [1.82, 2.24) is 0 Å². The maximum Gasteiger partial charge on any atom is 0.372 e. The van der Waals surface area contributed by atoms with E-state index in [9.17, 15) is 13.2 Å². The summed E-state index contributed by atoms with van der Waals surface area (Å²) >= 11 is 0. The van der Waals surface area contributed by atoms with E-state index in [0.29, 0.717) is 5.56 Å². The molecule has 1 heterocycles. The van der Waals surface area contributed by atoms with Crippen LogP contribution in [0.2, 0.25) is 0 Å². The van der Waals surface area contributed by atoms with Crippen LogP contribution in [0.3, 0.4) is 0 Å². The number of carboxylic acids is 1. The summed E-state index contributed by atoms with van der Waals surface area (Å²) in [6.45, 7) is 3.10. The molecular formula is C9H12O5S. The van der Waals surface area contributed by atoms with Crippen molar-refractivity contribution in [2.24, 2.45) is 0 Å². The Bertz CT molecular complexity index is 469. The zero-order chi connectivity index (χ0) is 11.6. The number of carbonyl (C=O) groups is 1. The molecule has 6 heteroatoms. The molecule has 0 saturated carbocycles. The lowest BCUT2D eigenvalue weighted by molar-refractivity contribution is 0.0659. The first-order valence-corrected chi connectivity index (χ1v) is 6.21. The Morgan fingerprint density at radius 1 is 1.53 bits per heavy atom. The van der Waals surface area contributed by atoms with Gasteiger partial charge in [0.05, 0.1) is 0 Å². The molecule has 0 amide bonds. The van der Waals surface area contributed by atoms with Gasteiger partial charge in [-0.05, 0) is 13.0 Å². The highest BCUT2D eigenvalue weighted by Crippen LogP contribution is 2.17. The van der Waals surface area contributed by atoms with E-state index in [2.05, 4.69) is 0 Å². The van der Waals surface area contributed by atoms with Crippen LogP contribution in [0.5, 0.6) is 0 Å². The van der Waals surface area contributed by atoms with Crippen LogP contribution >= 0.6 is 0 Å². The molecule has 1 rings (SSSR count). The topological polar surface area (TPSA) is 84.6 Å². The van der Waals surface area contributed by atoms with E-state index in [4.69, 9.17) is 9.52 Å². The number of sulfone groups is 1. The van der Waals surface area contributed by atoms with Crippen LogP contribution in [0.4, 0.5) is 0 Å². The first kappa shape index (κ1) is 11.8. The van der Waals surface area contributed by atoms with Crippen molar-refractivity contribution >= 4 is 15.8 Å². The third-order valence-electron chi connectivity index (χ3n) is 1.97. The molecule has 0 spiro atoms. The Morgan fingerprint density at radius 2 is 2.13 bits per heavy atom. The number of rotatable bonds is 4. The summed E-state index contributed by atoms with van der Waals surface area (Å²) in [5.74, 6) is -1.46. The molecule has 0 atom stereocenters. The van der Waals surface area contributed by atoms with Gasteiger partial charge in [0.25, 0.3) is 0 Å². The van der Waals surface area contributed by atoms with Gasteiger partial charge in [0.15, 0.2) is 9.84 Å². The average molecular weight is 232 g/mol. The predicted molar refractivity (Wildman–Crippen MR) is 53.6 cm³/mol. The van der Waals surface area contributed by atoms with Crippen molar-refractivity contribution in [3.8, 4) is 0 Å². The minimum Gasteiger partial charge on any atom is -0.475 e. The van der Waals surface area contributed by atoms with Crippen molar-refractivity contribution in [1.29, 1.82) is 0 Å². The smallest absolute Gasteiger partial charge is 0.372 e. The first-order chi connectivity index (χ1) is 6.85. The lowest BCUT2D eigenvalue weighted by atomic mass is 10.3. The van der Waals surface area contributed by atoms with Crippen molar-refractivity contribution in [3.63, 3.8) is 0 Å². The largest absolute Gasteiger partial charge is 0.475 e. The summed E-state index contributed by atoms with van der Waals surface area (Å²) < 4.78 is 27.4. The van der Waals surface area contributed by atoms with Gasteiger partial charge in [-0.25, -0.2) is 13.2 Å². The van der Waals surface area contributed by atoms with Crippen molar-refractivity contribution in [2.75, 3.05) is 5.75 Å². The molecule has 0 aliphatic heterocycles. The monoisotopic (exact) mass is 232 g/mol. The van der Waals surface area contributed by atoms with Crippen molar-refractivity contribution < 1.29 is 22.7 Å². The maximum atomic E-state index is 11.3. The highest BCUT2D eigenvalue weighted by Gasteiger charge is 2.18. The van der Waals surface area contributed by atoms with Gasteiger partial charge in [-0.15, -0.1) is 0 Å². The molecule has 1 aromatic heterocycles. The quantitative estimate of drug-likeness (QED) is 0.843. The predicted octanol–water partition coefficient (Wildman–Crippen LogP) is 1.22. The number of aryl methyl sites for hydroxylation is 1. The van der Waals surface area contributed by atoms with E-state index < -0.39 is 15.8 Å². The van der Waals surface area contributed by atoms with Gasteiger partial charge in [0.1, 0.15) is 11.5 Å². The summed E-state index contributed by atoms with van der Waals surface area (Å²) in [4.78, 5) is 10.6. The van der Waals surface area contributed by atoms with E-state index in [-0.39, 0.29) is 23.0 Å². The Balaban J connectivity index is 2.99. The average Bonchev–Trinajstić information content (AvgIpc) is 2.46. The van der Waals surface area contributed by atoms with Crippen LogP contribution in [0.25, 0.3) is 0 Å². The molecule has 15 heavy (non-hydrogen) atoms. The van der Waals surface area contributed by atoms with Crippen LogP contribution in [0, 0.1) is 6.92 Å². The minimum atomic E-state index is -3.19. The lowest BCUT2D eigenvalue weighted by Crippen LogP contribution is -2.05. The van der Waals surface area contributed by atoms with Gasteiger partial charge in [-0.1, -0.05) is 6.92 Å². The molecule has 0 bridgehead atoms. The second-order valence-corrected chi connectivity index (χ2v) is 5.56. The minimum absolute atomic E-state index is 0.00908. The zero-order valence-electron chi connectivity index (χ0n) is 8.48. The van der Waals surface area contributed by atoms with Crippen molar-refractivity contribution in [3.05, 3.63) is 23.2 Å². The molecule has 0 aliphatic carbocycles. The highest BCUT2D eigenvalue weighted by molar-refractivity contribution is 7.90. The standard InChI is InChI=1S/C9H12O5S/c1-3-15(12,13)5-7-4-6(2)8(14-7)9(10)11/h4H,3,5H2,1-2H3,(H,10,11). The summed E-state index contributed by atoms with van der Waals surface area (Å²) in [6.07, 6.45) is 0. The summed E-state index contributed by atoms with van der Waals surface area (Å²) in [7, 11) is -3.19. The van der Waals surface area contributed by atoms with Gasteiger partial charge in [-0.2, -0.15) is 0 Å². The van der Waals surface area contributed by atoms with E-state index in [1.54, 1.807) is 6.92 Å². The van der Waals surface area contributed by atoms with E-state index in [1.165, 1.54) is 13.0 Å². The molecule has 0 saturated heterocycles. The fourth-order valence-electron chi connectivity index (χ4n) is 1.15. The molecule has 0 unspecified atom stereocenters. The summed E-state index contributed by atoms with van der Waals surface area (Å²) in [6, 6.07) is 1.44. The van der Waals surface area contributed by atoms with Gasteiger partial charge < -0.3 is 9.52 Å². The normalized spacial score (nSPS) is 11.6. The number of carboxylic acid groups (broad SMARTS) is 1. The molecule has 5 nitrogen and oxygen atoms in total. The molecule has 84 valence electrons. The summed E-state index contributed by atoms with van der Waals surface area (Å²) in [5, 5.41) is 8.69. The number of hydrogen-bond donors (Lipinski definition) is 1. The Labute approximate surface area is 87.6 Å². The van der Waals surface area contributed by atoms with Crippen LogP contribution < -0.4 is 0 Å². The second-order valence-electron chi connectivity index (χ2n) is 3.21. The van der Waals surface area contributed by atoms with E-state index in [0.717, 1.165) is 0 Å².